The van der Waals surface area contributed by atoms with E-state index in [1.807, 2.05) is 36.4 Å². The van der Waals surface area contributed by atoms with Crippen molar-refractivity contribution in [2.24, 2.45) is 0 Å². The number of ether oxygens (including phenoxy) is 1. The highest BCUT2D eigenvalue weighted by atomic mass is 79.9. The van der Waals surface area contributed by atoms with E-state index in [1.54, 1.807) is 0 Å². The highest BCUT2D eigenvalue weighted by Gasteiger charge is 2.05. The van der Waals surface area contributed by atoms with Crippen LogP contribution < -0.4 is 15.8 Å². The Balaban J connectivity index is 2.20. The fourth-order valence-corrected chi connectivity index (χ4v) is 2.48. The van der Waals surface area contributed by atoms with Crippen LogP contribution in [0.25, 0.3) is 0 Å². The van der Waals surface area contributed by atoms with Gasteiger partial charge in [-0.1, -0.05) is 18.5 Å². The second kappa shape index (κ2) is 6.86. The van der Waals surface area contributed by atoms with Gasteiger partial charge in [-0.25, -0.2) is 0 Å². The van der Waals surface area contributed by atoms with Gasteiger partial charge in [-0.2, -0.15) is 0 Å². The monoisotopic (exact) mass is 354 g/mol. The molecule has 0 atom stereocenters. The molecule has 106 valence electrons. The SMILES string of the molecule is CCCOc1cc(Nc2ccc(Cl)cc2Br)ccc1N. The summed E-state index contributed by atoms with van der Waals surface area (Å²) >= 11 is 9.41. The predicted molar refractivity (Wildman–Crippen MR) is 89.1 cm³/mol. The third-order valence-electron chi connectivity index (χ3n) is 2.69. The van der Waals surface area contributed by atoms with Crippen molar-refractivity contribution < 1.29 is 4.74 Å². The topological polar surface area (TPSA) is 47.3 Å². The second-order valence-electron chi connectivity index (χ2n) is 4.35. The Bertz CT molecular complexity index is 604. The summed E-state index contributed by atoms with van der Waals surface area (Å²) in [5, 5.41) is 3.99. The summed E-state index contributed by atoms with van der Waals surface area (Å²) in [7, 11) is 0. The summed E-state index contributed by atoms with van der Waals surface area (Å²) < 4.78 is 6.52. The lowest BCUT2D eigenvalue weighted by Crippen LogP contribution is -2.00. The van der Waals surface area contributed by atoms with Crippen molar-refractivity contribution in [1.29, 1.82) is 0 Å². The van der Waals surface area contributed by atoms with Gasteiger partial charge in [-0.3, -0.25) is 0 Å². The normalized spacial score (nSPS) is 10.3. The zero-order valence-corrected chi connectivity index (χ0v) is 13.5. The Morgan fingerprint density at radius 3 is 2.75 bits per heavy atom. The van der Waals surface area contributed by atoms with Crippen LogP contribution in [0.2, 0.25) is 5.02 Å². The van der Waals surface area contributed by atoms with Crippen LogP contribution in [0.15, 0.2) is 40.9 Å². The molecule has 0 fully saturated rings. The van der Waals surface area contributed by atoms with Gasteiger partial charge in [0.25, 0.3) is 0 Å². The van der Waals surface area contributed by atoms with Crippen molar-refractivity contribution in [1.82, 2.24) is 0 Å². The number of benzene rings is 2. The molecule has 0 aliphatic carbocycles. The summed E-state index contributed by atoms with van der Waals surface area (Å²) in [4.78, 5) is 0. The number of hydrogen-bond acceptors (Lipinski definition) is 3. The van der Waals surface area contributed by atoms with Crippen LogP contribution in [0.3, 0.4) is 0 Å². The molecule has 0 heterocycles. The van der Waals surface area contributed by atoms with Crippen LogP contribution in [0, 0.1) is 0 Å². The molecule has 0 saturated carbocycles. The zero-order chi connectivity index (χ0) is 14.5. The van der Waals surface area contributed by atoms with E-state index in [-0.39, 0.29) is 0 Å². The average molecular weight is 356 g/mol. The lowest BCUT2D eigenvalue weighted by Gasteiger charge is -2.12. The van der Waals surface area contributed by atoms with Crippen LogP contribution in [0.1, 0.15) is 13.3 Å². The van der Waals surface area contributed by atoms with Crippen molar-refractivity contribution in [3.05, 3.63) is 45.9 Å². The molecular weight excluding hydrogens is 340 g/mol. The molecule has 2 aromatic carbocycles. The van der Waals surface area contributed by atoms with E-state index < -0.39 is 0 Å². The third kappa shape index (κ3) is 3.81. The van der Waals surface area contributed by atoms with E-state index in [9.17, 15) is 0 Å². The minimum Gasteiger partial charge on any atom is -0.491 e. The first-order valence-corrected chi connectivity index (χ1v) is 7.51. The van der Waals surface area contributed by atoms with Crippen LogP contribution in [-0.2, 0) is 0 Å². The van der Waals surface area contributed by atoms with E-state index in [2.05, 4.69) is 28.2 Å². The van der Waals surface area contributed by atoms with Crippen molar-refractivity contribution in [2.45, 2.75) is 13.3 Å². The van der Waals surface area contributed by atoms with E-state index in [4.69, 9.17) is 22.1 Å². The van der Waals surface area contributed by atoms with E-state index in [0.717, 1.165) is 22.3 Å². The number of nitrogens with two attached hydrogens (primary N) is 1. The molecule has 0 radical (unpaired) electrons. The standard InChI is InChI=1S/C15H16BrClN2O/c1-2-7-20-15-9-11(4-5-13(15)18)19-14-6-3-10(17)8-12(14)16/h3-6,8-9,19H,2,7,18H2,1H3. The molecule has 5 heteroatoms. The van der Waals surface area contributed by atoms with Gasteiger partial charge < -0.3 is 15.8 Å². The highest BCUT2D eigenvalue weighted by Crippen LogP contribution is 2.31. The van der Waals surface area contributed by atoms with Gasteiger partial charge in [-0.05, 0) is 52.7 Å². The first kappa shape index (κ1) is 15.0. The van der Waals surface area contributed by atoms with Gasteiger partial charge in [0.2, 0.25) is 0 Å². The first-order chi connectivity index (χ1) is 9.60. The Labute approximate surface area is 132 Å². The van der Waals surface area contributed by atoms with Gasteiger partial charge in [0.1, 0.15) is 5.75 Å². The average Bonchev–Trinajstić information content (AvgIpc) is 2.42. The number of hydrogen-bond donors (Lipinski definition) is 2. The van der Waals surface area contributed by atoms with Crippen molar-refractivity contribution in [3.8, 4) is 5.75 Å². The molecule has 0 amide bonds. The van der Waals surface area contributed by atoms with Crippen LogP contribution in [0.4, 0.5) is 17.1 Å². The van der Waals surface area contributed by atoms with Gasteiger partial charge in [0.15, 0.2) is 0 Å². The number of halogens is 2. The summed E-state index contributed by atoms with van der Waals surface area (Å²) in [6, 6.07) is 11.2. The molecule has 2 rings (SSSR count). The smallest absolute Gasteiger partial charge is 0.144 e. The van der Waals surface area contributed by atoms with Gasteiger partial charge in [-0.15, -0.1) is 0 Å². The second-order valence-corrected chi connectivity index (χ2v) is 5.64. The molecule has 3 nitrogen and oxygen atoms in total. The summed E-state index contributed by atoms with van der Waals surface area (Å²) in [6.45, 7) is 2.71. The van der Waals surface area contributed by atoms with E-state index >= 15 is 0 Å². The molecule has 0 bridgehead atoms. The summed E-state index contributed by atoms with van der Waals surface area (Å²) in [6.07, 6.45) is 0.944. The Kier molecular flexibility index (Phi) is 5.15. The largest absolute Gasteiger partial charge is 0.491 e. The highest BCUT2D eigenvalue weighted by molar-refractivity contribution is 9.10. The number of rotatable bonds is 5. The maximum atomic E-state index is 5.93. The molecule has 0 unspecified atom stereocenters. The number of anilines is 3. The Morgan fingerprint density at radius 2 is 2.05 bits per heavy atom. The Morgan fingerprint density at radius 1 is 1.25 bits per heavy atom. The van der Waals surface area contributed by atoms with Crippen LogP contribution in [-0.4, -0.2) is 6.61 Å². The molecule has 2 aromatic rings. The fraction of sp³-hybridized carbons (Fsp3) is 0.200. The fourth-order valence-electron chi connectivity index (χ4n) is 1.70. The molecule has 20 heavy (non-hydrogen) atoms. The van der Waals surface area contributed by atoms with Crippen LogP contribution in [0.5, 0.6) is 5.75 Å². The molecule has 0 saturated heterocycles. The van der Waals surface area contributed by atoms with E-state index in [1.165, 1.54) is 0 Å². The Hall–Kier alpha value is -1.39. The van der Waals surface area contributed by atoms with Crippen molar-refractivity contribution >= 4 is 44.6 Å². The molecule has 3 N–H and O–H groups in total. The van der Waals surface area contributed by atoms with Gasteiger partial charge >= 0.3 is 0 Å². The predicted octanol–water partition coefficient (Wildman–Crippen LogP) is 5.22. The molecule has 0 aliphatic rings. The lowest BCUT2D eigenvalue weighted by atomic mass is 10.2. The molecular formula is C15H16BrClN2O. The van der Waals surface area contributed by atoms with E-state index in [0.29, 0.717) is 23.1 Å². The van der Waals surface area contributed by atoms with Gasteiger partial charge in [0.05, 0.1) is 18.0 Å². The minimum absolute atomic E-state index is 0.638. The number of nitrogen functional groups attached to an aromatic ring is 1. The maximum Gasteiger partial charge on any atom is 0.144 e. The van der Waals surface area contributed by atoms with Crippen molar-refractivity contribution in [2.75, 3.05) is 17.7 Å². The molecule has 0 aliphatic heterocycles. The number of nitrogens with one attached hydrogen (secondary N) is 1. The summed E-state index contributed by atoms with van der Waals surface area (Å²) in [5.74, 6) is 0.696. The zero-order valence-electron chi connectivity index (χ0n) is 11.1. The minimum atomic E-state index is 0.638. The van der Waals surface area contributed by atoms with Crippen LogP contribution >= 0.6 is 27.5 Å². The quantitative estimate of drug-likeness (QED) is 0.723. The van der Waals surface area contributed by atoms with Gasteiger partial charge in [0, 0.05) is 21.2 Å². The van der Waals surface area contributed by atoms with Crippen molar-refractivity contribution in [3.63, 3.8) is 0 Å². The summed E-state index contributed by atoms with van der Waals surface area (Å²) in [5.41, 5.74) is 8.37. The lowest BCUT2D eigenvalue weighted by molar-refractivity contribution is 0.319. The first-order valence-electron chi connectivity index (χ1n) is 6.34. The molecule has 0 spiro atoms. The molecule has 0 aromatic heterocycles. The third-order valence-corrected chi connectivity index (χ3v) is 3.58. The maximum absolute atomic E-state index is 5.93.